The summed E-state index contributed by atoms with van der Waals surface area (Å²) in [5, 5.41) is 3.00. The molecule has 0 fully saturated rings. The maximum Gasteiger partial charge on any atom is 0.128 e. The van der Waals surface area contributed by atoms with E-state index in [1.54, 1.807) is 25.3 Å². The van der Waals surface area contributed by atoms with Crippen molar-refractivity contribution in [1.82, 2.24) is 5.32 Å². The molecule has 0 aliphatic rings. The van der Waals surface area contributed by atoms with Crippen molar-refractivity contribution in [2.24, 2.45) is 0 Å². The van der Waals surface area contributed by atoms with Crippen molar-refractivity contribution in [3.05, 3.63) is 35.6 Å². The molecule has 0 spiro atoms. The maximum atomic E-state index is 13.3. The van der Waals surface area contributed by atoms with Crippen LogP contribution in [0.15, 0.2) is 24.3 Å². The average molecular weight is 227 g/mol. The van der Waals surface area contributed by atoms with Gasteiger partial charge in [0.15, 0.2) is 0 Å². The summed E-state index contributed by atoms with van der Waals surface area (Å²) in [5.41, 5.74) is 0.569. The van der Waals surface area contributed by atoms with Crippen LogP contribution in [0, 0.1) is 5.82 Å². The van der Waals surface area contributed by atoms with E-state index in [2.05, 4.69) is 5.32 Å². The van der Waals surface area contributed by atoms with Crippen LogP contribution in [-0.4, -0.2) is 33.4 Å². The molecule has 1 rings (SSSR count). The van der Waals surface area contributed by atoms with E-state index in [-0.39, 0.29) is 18.5 Å². The fourth-order valence-electron chi connectivity index (χ4n) is 1.40. The van der Waals surface area contributed by atoms with Gasteiger partial charge in [0.05, 0.1) is 19.3 Å². The Hall–Kier alpha value is -0.970. The molecule has 1 aromatic carbocycles. The fourth-order valence-corrected chi connectivity index (χ4v) is 1.40. The van der Waals surface area contributed by atoms with Gasteiger partial charge in [0.2, 0.25) is 0 Å². The predicted octanol–water partition coefficient (Wildman–Crippen LogP) is 1.58. The van der Waals surface area contributed by atoms with E-state index in [0.717, 1.165) is 0 Å². The highest BCUT2D eigenvalue weighted by Gasteiger charge is 2.09. The van der Waals surface area contributed by atoms with Crippen molar-refractivity contribution < 1.29 is 13.9 Å². The first kappa shape index (κ1) is 13.1. The Morgan fingerprint density at radius 2 is 2.12 bits per heavy atom. The van der Waals surface area contributed by atoms with E-state index in [1.165, 1.54) is 6.07 Å². The minimum Gasteiger partial charge on any atom is -0.382 e. The zero-order chi connectivity index (χ0) is 11.8. The molecule has 0 radical (unpaired) electrons. The highest BCUT2D eigenvalue weighted by molar-refractivity contribution is 5.16. The van der Waals surface area contributed by atoms with E-state index >= 15 is 0 Å². The molecule has 3 nitrogen and oxygen atoms in total. The topological polar surface area (TPSA) is 30.5 Å². The molecule has 1 atom stereocenters. The minimum absolute atomic E-state index is 0.0605. The lowest BCUT2D eigenvalue weighted by molar-refractivity contribution is -0.0101. The van der Waals surface area contributed by atoms with Crippen molar-refractivity contribution in [3.8, 4) is 0 Å². The number of nitrogens with one attached hydrogen (secondary N) is 1. The molecule has 0 heterocycles. The lowest BCUT2D eigenvalue weighted by Crippen LogP contribution is -2.30. The van der Waals surface area contributed by atoms with Crippen LogP contribution in [0.25, 0.3) is 0 Å². The molecule has 0 aromatic heterocycles. The number of benzene rings is 1. The summed E-state index contributed by atoms with van der Waals surface area (Å²) >= 11 is 0. The molecule has 0 aliphatic heterocycles. The normalized spacial score (nSPS) is 12.7. The second kappa shape index (κ2) is 7.33. The van der Waals surface area contributed by atoms with Gasteiger partial charge < -0.3 is 14.8 Å². The second-order valence-electron chi connectivity index (χ2n) is 3.54. The summed E-state index contributed by atoms with van der Waals surface area (Å²) in [6.07, 6.45) is -0.0605. The highest BCUT2D eigenvalue weighted by atomic mass is 19.1. The average Bonchev–Trinajstić information content (AvgIpc) is 2.28. The molecule has 0 saturated carbocycles. The highest BCUT2D eigenvalue weighted by Crippen LogP contribution is 2.09. The second-order valence-corrected chi connectivity index (χ2v) is 3.54. The van der Waals surface area contributed by atoms with Gasteiger partial charge in [0.25, 0.3) is 0 Å². The quantitative estimate of drug-likeness (QED) is 0.767. The summed E-state index contributed by atoms with van der Waals surface area (Å²) in [7, 11) is 3.46. The van der Waals surface area contributed by atoms with Gasteiger partial charge in [-0.2, -0.15) is 0 Å². The third kappa shape index (κ3) is 4.26. The standard InChI is InChI=1S/C12H18FNO2/c1-14-7-11(9-15-2)16-8-10-5-3-4-6-12(10)13/h3-6,11,14H,7-9H2,1-2H3. The number of halogens is 1. The van der Waals surface area contributed by atoms with E-state index in [4.69, 9.17) is 9.47 Å². The Balaban J connectivity index is 2.45. The number of ether oxygens (including phenoxy) is 2. The van der Waals surface area contributed by atoms with Crippen LogP contribution in [0.1, 0.15) is 5.56 Å². The largest absolute Gasteiger partial charge is 0.382 e. The van der Waals surface area contributed by atoms with Gasteiger partial charge in [0, 0.05) is 19.2 Å². The van der Waals surface area contributed by atoms with Crippen LogP contribution in [0.5, 0.6) is 0 Å². The van der Waals surface area contributed by atoms with E-state index < -0.39 is 0 Å². The number of likely N-dealkylation sites (N-methyl/N-ethyl adjacent to an activating group) is 1. The lowest BCUT2D eigenvalue weighted by atomic mass is 10.2. The summed E-state index contributed by atoms with van der Waals surface area (Å²) in [5.74, 6) is -0.233. The van der Waals surface area contributed by atoms with Crippen LogP contribution in [-0.2, 0) is 16.1 Å². The first-order chi connectivity index (χ1) is 7.77. The molecule has 1 aromatic rings. The molecule has 1 unspecified atom stereocenters. The third-order valence-electron chi connectivity index (χ3n) is 2.22. The van der Waals surface area contributed by atoms with Crippen LogP contribution in [0.2, 0.25) is 0 Å². The van der Waals surface area contributed by atoms with Crippen LogP contribution >= 0.6 is 0 Å². The predicted molar refractivity (Wildman–Crippen MR) is 60.8 cm³/mol. The summed E-state index contributed by atoms with van der Waals surface area (Å²) < 4.78 is 23.9. The van der Waals surface area contributed by atoms with Gasteiger partial charge in [0.1, 0.15) is 5.82 Å². The van der Waals surface area contributed by atoms with Gasteiger partial charge in [-0.1, -0.05) is 18.2 Å². The van der Waals surface area contributed by atoms with E-state index in [9.17, 15) is 4.39 Å². The Morgan fingerprint density at radius 3 is 2.75 bits per heavy atom. The molecule has 0 saturated heterocycles. The molecule has 0 amide bonds. The zero-order valence-electron chi connectivity index (χ0n) is 9.70. The van der Waals surface area contributed by atoms with Crippen LogP contribution in [0.3, 0.4) is 0 Å². The van der Waals surface area contributed by atoms with Gasteiger partial charge in [-0.3, -0.25) is 0 Å². The van der Waals surface area contributed by atoms with Gasteiger partial charge >= 0.3 is 0 Å². The van der Waals surface area contributed by atoms with Gasteiger partial charge in [-0.05, 0) is 13.1 Å². The number of hydrogen-bond acceptors (Lipinski definition) is 3. The molecule has 16 heavy (non-hydrogen) atoms. The van der Waals surface area contributed by atoms with Crippen molar-refractivity contribution in [1.29, 1.82) is 0 Å². The van der Waals surface area contributed by atoms with Crippen molar-refractivity contribution in [3.63, 3.8) is 0 Å². The molecular formula is C12H18FNO2. The van der Waals surface area contributed by atoms with E-state index in [0.29, 0.717) is 18.7 Å². The molecular weight excluding hydrogens is 209 g/mol. The summed E-state index contributed by atoms with van der Waals surface area (Å²) in [4.78, 5) is 0. The molecule has 0 aliphatic carbocycles. The zero-order valence-corrected chi connectivity index (χ0v) is 9.70. The molecule has 4 heteroatoms. The van der Waals surface area contributed by atoms with Gasteiger partial charge in [-0.15, -0.1) is 0 Å². The Labute approximate surface area is 95.6 Å². The van der Waals surface area contributed by atoms with Crippen molar-refractivity contribution in [2.75, 3.05) is 27.3 Å². The summed E-state index contributed by atoms with van der Waals surface area (Å²) in [6, 6.07) is 6.62. The molecule has 90 valence electrons. The van der Waals surface area contributed by atoms with Crippen LogP contribution in [0.4, 0.5) is 4.39 Å². The lowest BCUT2D eigenvalue weighted by Gasteiger charge is -2.16. The Morgan fingerprint density at radius 1 is 1.38 bits per heavy atom. The van der Waals surface area contributed by atoms with Crippen molar-refractivity contribution >= 4 is 0 Å². The first-order valence-electron chi connectivity index (χ1n) is 5.26. The van der Waals surface area contributed by atoms with Gasteiger partial charge in [-0.25, -0.2) is 4.39 Å². The van der Waals surface area contributed by atoms with Crippen LogP contribution < -0.4 is 5.32 Å². The fraction of sp³-hybridized carbons (Fsp3) is 0.500. The number of methoxy groups -OCH3 is 1. The third-order valence-corrected chi connectivity index (χ3v) is 2.22. The maximum absolute atomic E-state index is 13.3. The Bertz CT molecular complexity index is 301. The number of hydrogen-bond donors (Lipinski definition) is 1. The summed E-state index contributed by atoms with van der Waals surface area (Å²) in [6.45, 7) is 1.44. The van der Waals surface area contributed by atoms with Crippen molar-refractivity contribution in [2.45, 2.75) is 12.7 Å². The smallest absolute Gasteiger partial charge is 0.128 e. The van der Waals surface area contributed by atoms with E-state index in [1.807, 2.05) is 7.05 Å². The monoisotopic (exact) mass is 227 g/mol. The SMILES string of the molecule is CNCC(COC)OCc1ccccc1F. The Kier molecular flexibility index (Phi) is 6.00. The first-order valence-corrected chi connectivity index (χ1v) is 5.26. The number of rotatable bonds is 7. The minimum atomic E-state index is -0.233. The molecule has 0 bridgehead atoms. The molecule has 1 N–H and O–H groups in total.